The van der Waals surface area contributed by atoms with Gasteiger partial charge in [-0.15, -0.1) is 9.32 Å². The van der Waals surface area contributed by atoms with Gasteiger partial charge in [0.1, 0.15) is 17.7 Å². The van der Waals surface area contributed by atoms with Crippen molar-refractivity contribution in [3.63, 3.8) is 0 Å². The molecular formula is C28H38N6O6S. The number of fused-ring (bicyclic) bond motifs is 3. The van der Waals surface area contributed by atoms with E-state index in [2.05, 4.69) is 29.0 Å². The summed E-state index contributed by atoms with van der Waals surface area (Å²) in [5, 5.41) is 12.3. The Labute approximate surface area is 244 Å². The summed E-state index contributed by atoms with van der Waals surface area (Å²) in [6.45, 7) is 6.55. The predicted molar refractivity (Wildman–Crippen MR) is 149 cm³/mol. The summed E-state index contributed by atoms with van der Waals surface area (Å²) >= 11 is 1.12. The Morgan fingerprint density at radius 2 is 2.05 bits per heavy atom. The van der Waals surface area contributed by atoms with Crippen molar-refractivity contribution in [3.05, 3.63) is 29.3 Å². The fourth-order valence-electron chi connectivity index (χ4n) is 6.54. The Morgan fingerprint density at radius 3 is 2.76 bits per heavy atom. The van der Waals surface area contributed by atoms with Crippen LogP contribution in [0.1, 0.15) is 63.6 Å². The zero-order valence-electron chi connectivity index (χ0n) is 23.9. The number of alkyl carbamates (subject to hydrolysis) is 1. The van der Waals surface area contributed by atoms with Gasteiger partial charge < -0.3 is 19.9 Å². The SMILES string of the molecule is CNOOSc1ccc2c(c1)CC[C@@H]2N1C(=O)[C@H]2C[C@@H]1CN2C[C@H](NC(=O)OC(C)(C)C)C(=O)N1CCC[C@H]1C#N. The van der Waals surface area contributed by atoms with Gasteiger partial charge in [0.25, 0.3) is 0 Å². The van der Waals surface area contributed by atoms with Crippen molar-refractivity contribution in [3.8, 4) is 6.07 Å². The second kappa shape index (κ2) is 12.1. The first-order valence-electron chi connectivity index (χ1n) is 14.1. The largest absolute Gasteiger partial charge is 0.444 e. The van der Waals surface area contributed by atoms with Crippen LogP contribution in [0, 0.1) is 11.3 Å². The maximum atomic E-state index is 13.7. The molecule has 0 spiro atoms. The Morgan fingerprint density at radius 1 is 1.24 bits per heavy atom. The van der Waals surface area contributed by atoms with Crippen LogP contribution in [-0.2, 0) is 30.1 Å². The molecule has 3 saturated heterocycles. The molecule has 3 amide bonds. The van der Waals surface area contributed by atoms with E-state index in [9.17, 15) is 19.6 Å². The number of hydroxylamine groups is 1. The third kappa shape index (κ3) is 6.32. The molecule has 3 fully saturated rings. The zero-order chi connectivity index (χ0) is 29.3. The molecule has 13 heteroatoms. The van der Waals surface area contributed by atoms with E-state index in [-0.39, 0.29) is 36.5 Å². The molecule has 12 nitrogen and oxygen atoms in total. The quantitative estimate of drug-likeness (QED) is 0.192. The molecule has 0 saturated carbocycles. The number of rotatable bonds is 9. The van der Waals surface area contributed by atoms with Crippen LogP contribution in [0.15, 0.2) is 23.1 Å². The number of likely N-dealkylation sites (tertiary alicyclic amines) is 3. The first-order valence-corrected chi connectivity index (χ1v) is 14.9. The number of ether oxygens (including phenoxy) is 1. The van der Waals surface area contributed by atoms with Crippen molar-refractivity contribution in [1.29, 1.82) is 5.26 Å². The zero-order valence-corrected chi connectivity index (χ0v) is 24.7. The van der Waals surface area contributed by atoms with Crippen molar-refractivity contribution in [2.75, 3.05) is 26.7 Å². The number of hydrogen-bond donors (Lipinski definition) is 2. The van der Waals surface area contributed by atoms with Crippen LogP contribution >= 0.6 is 12.0 Å². The van der Waals surface area contributed by atoms with Gasteiger partial charge in [0.2, 0.25) is 11.8 Å². The van der Waals surface area contributed by atoms with Gasteiger partial charge in [-0.25, -0.2) is 4.79 Å². The first kappa shape index (κ1) is 29.6. The lowest BCUT2D eigenvalue weighted by atomic mass is 10.1. The second-order valence-electron chi connectivity index (χ2n) is 12.0. The van der Waals surface area contributed by atoms with E-state index in [1.165, 1.54) is 5.56 Å². The lowest BCUT2D eigenvalue weighted by Gasteiger charge is -2.39. The van der Waals surface area contributed by atoms with Gasteiger partial charge in [0.05, 0.1) is 30.2 Å². The Kier molecular flexibility index (Phi) is 8.77. The van der Waals surface area contributed by atoms with E-state index in [0.29, 0.717) is 25.9 Å². The average Bonchev–Trinajstić information content (AvgIpc) is 3.70. The van der Waals surface area contributed by atoms with Crippen LogP contribution in [0.5, 0.6) is 0 Å². The predicted octanol–water partition coefficient (Wildman–Crippen LogP) is 2.46. The van der Waals surface area contributed by atoms with Crippen molar-refractivity contribution in [2.45, 2.75) is 93.6 Å². The van der Waals surface area contributed by atoms with Crippen molar-refractivity contribution < 1.29 is 28.4 Å². The number of piperazine rings is 1. The number of carbonyl (C=O) groups is 3. The molecule has 0 radical (unpaired) electrons. The molecule has 1 aliphatic carbocycles. The smallest absolute Gasteiger partial charge is 0.408 e. The summed E-state index contributed by atoms with van der Waals surface area (Å²) < 4.78 is 10.5. The van der Waals surface area contributed by atoms with Crippen LogP contribution in [0.4, 0.5) is 4.79 Å². The molecule has 1 aromatic carbocycles. The third-order valence-electron chi connectivity index (χ3n) is 8.15. The van der Waals surface area contributed by atoms with E-state index in [1.807, 2.05) is 15.9 Å². The van der Waals surface area contributed by atoms with Crippen molar-refractivity contribution in [2.24, 2.45) is 0 Å². The summed E-state index contributed by atoms with van der Waals surface area (Å²) in [6, 6.07) is 6.57. The molecule has 4 aliphatic rings. The number of hydrogen-bond acceptors (Lipinski definition) is 10. The molecule has 41 heavy (non-hydrogen) atoms. The second-order valence-corrected chi connectivity index (χ2v) is 12.8. The minimum atomic E-state index is -0.920. The molecule has 2 bridgehead atoms. The van der Waals surface area contributed by atoms with Crippen molar-refractivity contribution >= 4 is 30.0 Å². The summed E-state index contributed by atoms with van der Waals surface area (Å²) in [4.78, 5) is 51.2. The van der Waals surface area contributed by atoms with Gasteiger partial charge in [-0.2, -0.15) is 10.7 Å². The lowest BCUT2D eigenvalue weighted by molar-refractivity contribution is -0.237. The molecule has 3 heterocycles. The maximum absolute atomic E-state index is 13.7. The summed E-state index contributed by atoms with van der Waals surface area (Å²) in [5.41, 5.74) is 4.09. The molecular weight excluding hydrogens is 548 g/mol. The number of nitrogens with one attached hydrogen (secondary N) is 2. The molecule has 5 rings (SSSR count). The standard InChI is InChI=1S/C28H38N6O6S/c1-28(2,3)38-27(37)31-22(25(35)33-11-5-6-18(33)14-29)16-32-15-19-13-24(32)26(36)34(19)23-10-7-17-12-20(8-9-21(17)23)41-40-39-30-4/h8-9,12,18-19,22-24,30H,5-7,10-11,13,15-16H2,1-4H3,(H,31,37)/t18-,19+,22-,23-,24+/m0/s1. The number of amides is 3. The summed E-state index contributed by atoms with van der Waals surface area (Å²) in [5.74, 6) is -0.252. The number of aryl methyl sites for hydroxylation is 1. The number of carbonyl (C=O) groups excluding carboxylic acids is 3. The van der Waals surface area contributed by atoms with Gasteiger partial charge in [0.15, 0.2) is 0 Å². The highest BCUT2D eigenvalue weighted by Crippen LogP contribution is 2.44. The minimum Gasteiger partial charge on any atom is -0.444 e. The third-order valence-corrected chi connectivity index (χ3v) is 8.73. The summed E-state index contributed by atoms with van der Waals surface area (Å²) in [6.07, 6.45) is 3.08. The van der Waals surface area contributed by atoms with Crippen LogP contribution in [0.25, 0.3) is 0 Å². The fraction of sp³-hybridized carbons (Fsp3) is 0.643. The Balaban J connectivity index is 1.27. The fourth-order valence-corrected chi connectivity index (χ4v) is 7.03. The van der Waals surface area contributed by atoms with E-state index in [4.69, 9.17) is 14.1 Å². The van der Waals surface area contributed by atoms with Crippen LogP contribution in [0.3, 0.4) is 0 Å². The van der Waals surface area contributed by atoms with Crippen LogP contribution in [-0.4, -0.2) is 89.1 Å². The van der Waals surface area contributed by atoms with Crippen LogP contribution in [0.2, 0.25) is 0 Å². The van der Waals surface area contributed by atoms with E-state index in [0.717, 1.165) is 41.8 Å². The van der Waals surface area contributed by atoms with Gasteiger partial charge in [-0.1, -0.05) is 6.07 Å². The van der Waals surface area contributed by atoms with Gasteiger partial charge in [0, 0.05) is 37.6 Å². The van der Waals surface area contributed by atoms with Crippen molar-refractivity contribution in [1.82, 2.24) is 25.5 Å². The molecule has 0 aromatic heterocycles. The van der Waals surface area contributed by atoms with Gasteiger partial charge in [-0.05, 0) is 76.1 Å². The highest BCUT2D eigenvalue weighted by atomic mass is 32.2. The van der Waals surface area contributed by atoms with Gasteiger partial charge in [-0.3, -0.25) is 14.5 Å². The first-order chi connectivity index (χ1) is 19.6. The highest BCUT2D eigenvalue weighted by molar-refractivity contribution is 7.94. The molecule has 0 unspecified atom stereocenters. The lowest BCUT2D eigenvalue weighted by Crippen LogP contribution is -2.59. The van der Waals surface area contributed by atoms with E-state index >= 15 is 0 Å². The Bertz CT molecular complexity index is 1220. The highest BCUT2D eigenvalue weighted by Gasteiger charge is 2.53. The van der Waals surface area contributed by atoms with E-state index in [1.54, 1.807) is 32.7 Å². The molecule has 2 N–H and O–H groups in total. The molecule has 3 aliphatic heterocycles. The molecule has 1 aromatic rings. The summed E-state index contributed by atoms with van der Waals surface area (Å²) in [7, 11) is 1.61. The number of benzene rings is 1. The maximum Gasteiger partial charge on any atom is 0.408 e. The van der Waals surface area contributed by atoms with E-state index < -0.39 is 23.8 Å². The normalized spacial score (nSPS) is 26.3. The van der Waals surface area contributed by atoms with Gasteiger partial charge >= 0.3 is 6.09 Å². The topological polar surface area (TPSA) is 136 Å². The average molecular weight is 587 g/mol. The number of nitriles is 1. The Hall–Kier alpha value is -2.89. The van der Waals surface area contributed by atoms with Crippen LogP contribution < -0.4 is 10.8 Å². The molecule has 222 valence electrons. The minimum absolute atomic E-state index is 0.0153. The number of nitrogens with zero attached hydrogens (tertiary/aromatic N) is 4. The monoisotopic (exact) mass is 586 g/mol. The molecule has 5 atom stereocenters.